The number of aliphatic hydroxyl groups is 1. The molecule has 0 aliphatic heterocycles. The Kier molecular flexibility index (Phi) is 8.89. The third kappa shape index (κ3) is 6.06. The molecule has 0 saturated carbocycles. The molecule has 0 heterocycles. The van der Waals surface area contributed by atoms with Crippen molar-refractivity contribution < 1.29 is 29.4 Å². The van der Waals surface area contributed by atoms with Crippen LogP contribution in [0.2, 0.25) is 0 Å². The van der Waals surface area contributed by atoms with Gasteiger partial charge >= 0.3 is 5.97 Å². The maximum atomic E-state index is 12.7. The van der Waals surface area contributed by atoms with Crippen molar-refractivity contribution in [1.29, 1.82) is 0 Å². The van der Waals surface area contributed by atoms with E-state index in [1.54, 1.807) is 27.7 Å². The molecule has 0 radical (unpaired) electrons. The fourth-order valence-electron chi connectivity index (χ4n) is 2.48. The lowest BCUT2D eigenvalue weighted by Crippen LogP contribution is -2.65. The highest BCUT2D eigenvalue weighted by Crippen LogP contribution is 2.20. The Morgan fingerprint density at radius 1 is 1.04 bits per heavy atom. The second-order valence-corrected chi connectivity index (χ2v) is 7.35. The van der Waals surface area contributed by atoms with E-state index in [4.69, 9.17) is 5.73 Å². The predicted molar refractivity (Wildman–Crippen MR) is 95.1 cm³/mol. The number of hydrogen-bond acceptors (Lipinski definition) is 6. The number of aliphatic hydroxyl groups excluding tert-OH is 1. The molecule has 0 saturated heterocycles. The van der Waals surface area contributed by atoms with E-state index in [9.17, 15) is 29.4 Å². The van der Waals surface area contributed by atoms with Gasteiger partial charge in [0.2, 0.25) is 11.8 Å². The Morgan fingerprint density at radius 2 is 1.54 bits per heavy atom. The van der Waals surface area contributed by atoms with Gasteiger partial charge in [0.05, 0.1) is 6.10 Å². The molecule has 26 heavy (non-hydrogen) atoms. The molecule has 0 rings (SSSR count). The number of carboxylic acid groups (broad SMARTS) is 1. The quantitative estimate of drug-likeness (QED) is 0.320. The monoisotopic (exact) mass is 373 g/mol. The maximum Gasteiger partial charge on any atom is 0.337 e. The van der Waals surface area contributed by atoms with Gasteiger partial charge in [0.25, 0.3) is 0 Å². The normalized spacial score (nSPS) is 17.2. The van der Waals surface area contributed by atoms with Crippen LogP contribution in [0, 0.1) is 11.8 Å². The second-order valence-electron chi connectivity index (χ2n) is 7.35. The van der Waals surface area contributed by atoms with Crippen LogP contribution in [0.5, 0.6) is 0 Å². The molecular weight excluding hydrogens is 342 g/mol. The number of nitrogens with one attached hydrogen (secondary N) is 2. The zero-order valence-corrected chi connectivity index (χ0v) is 16.2. The molecule has 150 valence electrons. The summed E-state index contributed by atoms with van der Waals surface area (Å²) in [5.74, 6) is -4.29. The highest BCUT2D eigenvalue weighted by molar-refractivity contribution is 6.10. The molecule has 0 bridgehead atoms. The van der Waals surface area contributed by atoms with Crippen molar-refractivity contribution in [3.63, 3.8) is 0 Å². The van der Waals surface area contributed by atoms with Crippen LogP contribution in [0.15, 0.2) is 0 Å². The van der Waals surface area contributed by atoms with Gasteiger partial charge in [-0.2, -0.15) is 0 Å². The number of ketones is 1. The van der Waals surface area contributed by atoms with Gasteiger partial charge in [-0.3, -0.25) is 14.4 Å². The Balaban J connectivity index is 5.61. The van der Waals surface area contributed by atoms with Gasteiger partial charge in [-0.05, 0) is 32.1 Å². The van der Waals surface area contributed by atoms with E-state index in [1.165, 1.54) is 6.92 Å². The summed E-state index contributed by atoms with van der Waals surface area (Å²) >= 11 is 0. The third-order valence-electron chi connectivity index (χ3n) is 4.09. The highest BCUT2D eigenvalue weighted by atomic mass is 16.4. The lowest BCUT2D eigenvalue weighted by molar-refractivity contribution is -0.153. The van der Waals surface area contributed by atoms with Crippen molar-refractivity contribution >= 4 is 23.6 Å². The minimum absolute atomic E-state index is 0.0879. The molecule has 0 aromatic heterocycles. The van der Waals surface area contributed by atoms with Gasteiger partial charge in [-0.1, -0.05) is 27.7 Å². The number of rotatable bonds is 10. The van der Waals surface area contributed by atoms with E-state index >= 15 is 0 Å². The predicted octanol–water partition coefficient (Wildman–Crippen LogP) is -0.590. The van der Waals surface area contributed by atoms with Crippen molar-refractivity contribution in [3.05, 3.63) is 0 Å². The Bertz CT molecular complexity index is 531. The van der Waals surface area contributed by atoms with E-state index in [-0.39, 0.29) is 12.3 Å². The standard InChI is InChI=1S/C17H31N3O6/c1-8(2)7-17(11(6)22,16(25)26)20-15(24)13(9(3)4)19-14(23)12(18)10(5)21/h8-10,12-13,21H,7,18H2,1-6H3,(H,19,23)(H,20,24)(H,25,26). The average Bonchev–Trinajstić information content (AvgIpc) is 2.48. The average molecular weight is 373 g/mol. The van der Waals surface area contributed by atoms with Gasteiger partial charge in [-0.15, -0.1) is 0 Å². The van der Waals surface area contributed by atoms with Gasteiger partial charge in [0.1, 0.15) is 12.1 Å². The third-order valence-corrected chi connectivity index (χ3v) is 4.09. The first-order valence-electron chi connectivity index (χ1n) is 8.56. The topological polar surface area (TPSA) is 159 Å². The molecule has 0 aliphatic rings. The summed E-state index contributed by atoms with van der Waals surface area (Å²) < 4.78 is 0. The van der Waals surface area contributed by atoms with Crippen molar-refractivity contribution in [2.24, 2.45) is 17.6 Å². The summed E-state index contributed by atoms with van der Waals surface area (Å²) in [7, 11) is 0. The number of nitrogens with two attached hydrogens (primary N) is 1. The molecule has 4 unspecified atom stereocenters. The number of carbonyl (C=O) groups is 4. The first kappa shape index (κ1) is 24.0. The highest BCUT2D eigenvalue weighted by Gasteiger charge is 2.46. The minimum atomic E-state index is -2.07. The number of Topliss-reactive ketones (excluding diaryl/α,β-unsaturated/α-hetero) is 1. The van der Waals surface area contributed by atoms with Crippen LogP contribution in [-0.4, -0.2) is 57.5 Å². The summed E-state index contributed by atoms with van der Waals surface area (Å²) in [6.45, 7) is 9.20. The van der Waals surface area contributed by atoms with E-state index in [0.717, 1.165) is 6.92 Å². The fourth-order valence-corrected chi connectivity index (χ4v) is 2.48. The second kappa shape index (κ2) is 9.63. The van der Waals surface area contributed by atoms with Crippen molar-refractivity contribution in [2.45, 2.75) is 71.7 Å². The molecular formula is C17H31N3O6. The summed E-state index contributed by atoms with van der Waals surface area (Å²) in [4.78, 5) is 48.6. The molecule has 0 fully saturated rings. The van der Waals surface area contributed by atoms with Gasteiger partial charge in [-0.25, -0.2) is 4.79 Å². The van der Waals surface area contributed by atoms with Crippen LogP contribution >= 0.6 is 0 Å². The lowest BCUT2D eigenvalue weighted by atomic mass is 9.84. The first-order chi connectivity index (χ1) is 11.8. The summed E-state index contributed by atoms with van der Waals surface area (Å²) in [6, 6.07) is -2.35. The number of carbonyl (C=O) groups excluding carboxylic acids is 3. The van der Waals surface area contributed by atoms with Crippen molar-refractivity contribution in [3.8, 4) is 0 Å². The van der Waals surface area contributed by atoms with Crippen LogP contribution in [0.25, 0.3) is 0 Å². The van der Waals surface area contributed by atoms with Crippen molar-refractivity contribution in [1.82, 2.24) is 10.6 Å². The van der Waals surface area contributed by atoms with Crippen LogP contribution < -0.4 is 16.4 Å². The van der Waals surface area contributed by atoms with Crippen molar-refractivity contribution in [2.75, 3.05) is 0 Å². The van der Waals surface area contributed by atoms with Crippen LogP contribution in [0.3, 0.4) is 0 Å². The SMILES string of the molecule is CC(=O)C(CC(C)C)(NC(=O)C(NC(=O)C(N)C(C)O)C(C)C)C(=O)O. The van der Waals surface area contributed by atoms with Crippen LogP contribution in [-0.2, 0) is 19.2 Å². The van der Waals surface area contributed by atoms with Gasteiger partial charge in [0, 0.05) is 0 Å². The lowest BCUT2D eigenvalue weighted by Gasteiger charge is -2.32. The summed E-state index contributed by atoms with van der Waals surface area (Å²) in [6.07, 6.45) is -1.21. The Labute approximate surface area is 153 Å². The molecule has 9 nitrogen and oxygen atoms in total. The van der Waals surface area contributed by atoms with Gasteiger partial charge in [0.15, 0.2) is 11.3 Å². The smallest absolute Gasteiger partial charge is 0.337 e. The van der Waals surface area contributed by atoms with Crippen LogP contribution in [0.4, 0.5) is 0 Å². The Hall–Kier alpha value is -2.00. The molecule has 6 N–H and O–H groups in total. The molecule has 2 amide bonds. The fraction of sp³-hybridized carbons (Fsp3) is 0.765. The largest absolute Gasteiger partial charge is 0.479 e. The number of carboxylic acids is 1. The molecule has 4 atom stereocenters. The zero-order valence-electron chi connectivity index (χ0n) is 16.2. The first-order valence-corrected chi connectivity index (χ1v) is 8.56. The van der Waals surface area contributed by atoms with E-state index in [2.05, 4.69) is 10.6 Å². The maximum absolute atomic E-state index is 12.7. The number of amides is 2. The summed E-state index contributed by atoms with van der Waals surface area (Å²) in [5.41, 5.74) is 3.48. The Morgan fingerprint density at radius 3 is 1.85 bits per heavy atom. The van der Waals surface area contributed by atoms with Crippen LogP contribution in [0.1, 0.15) is 48.0 Å². The molecule has 0 aromatic carbocycles. The minimum Gasteiger partial charge on any atom is -0.479 e. The van der Waals surface area contributed by atoms with E-state index in [1.807, 2.05) is 0 Å². The summed E-state index contributed by atoms with van der Waals surface area (Å²) in [5, 5.41) is 23.7. The van der Waals surface area contributed by atoms with E-state index < -0.39 is 53.2 Å². The molecule has 0 spiro atoms. The molecule has 0 aliphatic carbocycles. The molecule has 9 heteroatoms. The molecule has 0 aromatic rings. The zero-order chi connectivity index (χ0) is 20.8. The van der Waals surface area contributed by atoms with Gasteiger partial charge < -0.3 is 26.6 Å². The van der Waals surface area contributed by atoms with E-state index in [0.29, 0.717) is 0 Å². The number of aliphatic carboxylic acids is 1. The number of hydrogen-bond donors (Lipinski definition) is 5.